The molecule has 0 N–H and O–H groups in total. The van der Waals surface area contributed by atoms with Crippen LogP contribution in [0.1, 0.15) is 239 Å². The van der Waals surface area contributed by atoms with Crippen molar-refractivity contribution < 1.29 is 28.6 Å². The lowest BCUT2D eigenvalue weighted by Gasteiger charge is -2.18. The van der Waals surface area contributed by atoms with Gasteiger partial charge in [0.2, 0.25) is 0 Å². The first-order valence-corrected chi connectivity index (χ1v) is 31.3. The highest BCUT2D eigenvalue weighted by atomic mass is 16.6. The summed E-state index contributed by atoms with van der Waals surface area (Å²) < 4.78 is 16.8. The van der Waals surface area contributed by atoms with Crippen molar-refractivity contribution in [2.24, 2.45) is 0 Å². The molecule has 1 unspecified atom stereocenters. The number of unbranched alkanes of at least 4 members (excludes halogenated alkanes) is 13. The van der Waals surface area contributed by atoms with E-state index < -0.39 is 6.10 Å². The Morgan fingerprint density at radius 1 is 0.253 bits per heavy atom. The maximum absolute atomic E-state index is 12.9. The molecule has 0 aromatic heterocycles. The summed E-state index contributed by atoms with van der Waals surface area (Å²) in [6.07, 6.45) is 97.5. The Hall–Kier alpha value is -5.49. The third-order valence-electron chi connectivity index (χ3n) is 12.4. The predicted octanol–water partition coefficient (Wildman–Crippen LogP) is 21.7. The Morgan fingerprint density at radius 2 is 0.456 bits per heavy atom. The van der Waals surface area contributed by atoms with Crippen LogP contribution in [0.3, 0.4) is 0 Å². The molecule has 0 aromatic rings. The van der Waals surface area contributed by atoms with Gasteiger partial charge in [-0.3, -0.25) is 14.4 Å². The fourth-order valence-electron chi connectivity index (χ4n) is 7.81. The number of hydrogen-bond donors (Lipinski definition) is 0. The molecule has 0 saturated carbocycles. The monoisotopic (exact) mass is 1080 g/mol. The van der Waals surface area contributed by atoms with Crippen LogP contribution in [-0.4, -0.2) is 37.2 Å². The molecule has 0 aromatic carbocycles. The Morgan fingerprint density at radius 3 is 0.722 bits per heavy atom. The molecule has 0 heterocycles. The van der Waals surface area contributed by atoms with Gasteiger partial charge in [-0.1, -0.05) is 248 Å². The lowest BCUT2D eigenvalue weighted by atomic mass is 10.1. The van der Waals surface area contributed by atoms with Gasteiger partial charge in [0, 0.05) is 19.3 Å². The van der Waals surface area contributed by atoms with Gasteiger partial charge in [0.1, 0.15) is 13.2 Å². The Balaban J connectivity index is 4.45. The van der Waals surface area contributed by atoms with Crippen LogP contribution in [0.2, 0.25) is 0 Å². The molecule has 0 saturated heterocycles. The molecule has 0 rings (SSSR count). The molecule has 0 aliphatic rings. The summed E-state index contributed by atoms with van der Waals surface area (Å²) >= 11 is 0. The minimum Gasteiger partial charge on any atom is -0.462 e. The van der Waals surface area contributed by atoms with Crippen LogP contribution >= 0.6 is 0 Å². The van der Waals surface area contributed by atoms with E-state index in [-0.39, 0.29) is 37.5 Å². The Bertz CT molecular complexity index is 1870. The quantitative estimate of drug-likeness (QED) is 0.0261. The van der Waals surface area contributed by atoms with E-state index >= 15 is 0 Å². The first-order valence-electron chi connectivity index (χ1n) is 31.3. The molecule has 79 heavy (non-hydrogen) atoms. The third kappa shape index (κ3) is 63.2. The van der Waals surface area contributed by atoms with Crippen molar-refractivity contribution in [3.05, 3.63) is 182 Å². The molecule has 0 fully saturated rings. The van der Waals surface area contributed by atoms with Crippen molar-refractivity contribution in [2.45, 2.75) is 245 Å². The molecule has 0 bridgehead atoms. The standard InChI is InChI=1S/C73H112O6/c1-4-7-10-13-16-19-22-25-27-29-31-32-33-34-35-36-37-38-39-40-42-43-45-48-51-54-57-60-63-66-72(75)78-69-70(68-77-71(74)65-62-59-56-53-50-47-24-21-18-15-12-9-6-3)79-73(76)67-64-61-58-55-52-49-46-44-41-30-28-26-23-20-17-14-11-8-5-2/h7-12,16-21,25-28,31-32,34-35,37-38,40-42,44,47,49-50,52,70H,4-6,13-15,22-24,29-30,33,36,39,43,45-46,48,51,53-69H2,1-3H3/b10-7-,11-8-,12-9-,19-16-,20-17-,21-18-,27-25-,28-26-,32-31-,35-34-,38-37-,42-40-,44-41-,50-47-,52-49-. The van der Waals surface area contributed by atoms with Crippen LogP contribution < -0.4 is 0 Å². The largest absolute Gasteiger partial charge is 0.462 e. The molecular formula is C73H112O6. The summed E-state index contributed by atoms with van der Waals surface area (Å²) in [6, 6.07) is 0. The fraction of sp³-hybridized carbons (Fsp3) is 0.548. The molecule has 0 radical (unpaired) electrons. The van der Waals surface area contributed by atoms with Crippen LogP contribution in [0.25, 0.3) is 0 Å². The number of ether oxygens (including phenoxy) is 3. The van der Waals surface area contributed by atoms with Gasteiger partial charge in [-0.15, -0.1) is 0 Å². The molecule has 0 spiro atoms. The van der Waals surface area contributed by atoms with E-state index in [1.165, 1.54) is 19.3 Å². The summed E-state index contributed by atoms with van der Waals surface area (Å²) in [4.78, 5) is 38.3. The molecule has 0 aliphatic heterocycles. The maximum atomic E-state index is 12.9. The number of rotatable bonds is 54. The zero-order chi connectivity index (χ0) is 57.1. The SMILES string of the molecule is CC/C=C\C/C=C\C/C=C\C/C=C\C/C=C\C/C=C\C/C=C\CCCCCCCCCC(=O)OCC(COC(=O)CCCCC/C=C\C/C=C\C/C=C\CC)OC(=O)CCCCC/C=C\C/C=C\C/C=C\C/C=C\C/C=C\CC. The summed E-state index contributed by atoms with van der Waals surface area (Å²) in [5, 5.41) is 0. The Kier molecular flexibility index (Phi) is 60.5. The molecular weight excluding hydrogens is 973 g/mol. The summed E-state index contributed by atoms with van der Waals surface area (Å²) in [5.41, 5.74) is 0. The van der Waals surface area contributed by atoms with Gasteiger partial charge in [0.25, 0.3) is 0 Å². The third-order valence-corrected chi connectivity index (χ3v) is 12.4. The highest BCUT2D eigenvalue weighted by Gasteiger charge is 2.19. The first kappa shape index (κ1) is 73.5. The van der Waals surface area contributed by atoms with Gasteiger partial charge in [-0.2, -0.15) is 0 Å². The second kappa shape index (κ2) is 65.0. The lowest BCUT2D eigenvalue weighted by molar-refractivity contribution is -0.167. The van der Waals surface area contributed by atoms with Gasteiger partial charge in [0.05, 0.1) is 0 Å². The molecule has 6 nitrogen and oxygen atoms in total. The summed E-state index contributed by atoms with van der Waals surface area (Å²) in [5.74, 6) is -0.998. The smallest absolute Gasteiger partial charge is 0.306 e. The van der Waals surface area contributed by atoms with Gasteiger partial charge < -0.3 is 14.2 Å². The second-order valence-corrected chi connectivity index (χ2v) is 19.8. The number of carbonyl (C=O) groups is 3. The van der Waals surface area contributed by atoms with E-state index in [1.807, 2.05) is 0 Å². The number of carbonyl (C=O) groups excluding carboxylic acids is 3. The van der Waals surface area contributed by atoms with Gasteiger partial charge >= 0.3 is 17.9 Å². The molecule has 6 heteroatoms. The highest BCUT2D eigenvalue weighted by Crippen LogP contribution is 2.13. The zero-order valence-electron chi connectivity index (χ0n) is 50.3. The van der Waals surface area contributed by atoms with Gasteiger partial charge in [-0.25, -0.2) is 0 Å². The van der Waals surface area contributed by atoms with Gasteiger partial charge in [0.15, 0.2) is 6.10 Å². The van der Waals surface area contributed by atoms with Crippen molar-refractivity contribution in [3.63, 3.8) is 0 Å². The fourth-order valence-corrected chi connectivity index (χ4v) is 7.81. The normalized spacial score (nSPS) is 13.4. The number of allylic oxidation sites excluding steroid dienone is 30. The van der Waals surface area contributed by atoms with E-state index in [9.17, 15) is 14.4 Å². The van der Waals surface area contributed by atoms with E-state index in [2.05, 4.69) is 203 Å². The van der Waals surface area contributed by atoms with Crippen LogP contribution in [0.5, 0.6) is 0 Å². The average Bonchev–Trinajstić information content (AvgIpc) is 3.45. The van der Waals surface area contributed by atoms with E-state index in [0.717, 1.165) is 173 Å². The average molecular weight is 1090 g/mol. The van der Waals surface area contributed by atoms with Gasteiger partial charge in [-0.05, 0) is 154 Å². The minimum absolute atomic E-state index is 0.116. The van der Waals surface area contributed by atoms with E-state index in [1.54, 1.807) is 0 Å². The molecule has 1 atom stereocenters. The van der Waals surface area contributed by atoms with Crippen molar-refractivity contribution >= 4 is 17.9 Å². The summed E-state index contributed by atoms with van der Waals surface area (Å²) in [7, 11) is 0. The molecule has 440 valence electrons. The van der Waals surface area contributed by atoms with Crippen LogP contribution in [-0.2, 0) is 28.6 Å². The molecule has 0 aliphatic carbocycles. The highest BCUT2D eigenvalue weighted by molar-refractivity contribution is 5.71. The van der Waals surface area contributed by atoms with Crippen molar-refractivity contribution in [3.8, 4) is 0 Å². The maximum Gasteiger partial charge on any atom is 0.306 e. The predicted molar refractivity (Wildman–Crippen MR) is 343 cm³/mol. The van der Waals surface area contributed by atoms with Crippen LogP contribution in [0, 0.1) is 0 Å². The Labute approximate surface area is 484 Å². The summed E-state index contributed by atoms with van der Waals surface area (Å²) in [6.45, 7) is 6.22. The van der Waals surface area contributed by atoms with Crippen LogP contribution in [0.4, 0.5) is 0 Å². The first-order chi connectivity index (χ1) is 39.0. The van der Waals surface area contributed by atoms with E-state index in [4.69, 9.17) is 14.2 Å². The van der Waals surface area contributed by atoms with E-state index in [0.29, 0.717) is 19.3 Å². The molecule has 0 amide bonds. The number of hydrogen-bond acceptors (Lipinski definition) is 6. The second-order valence-electron chi connectivity index (χ2n) is 19.8. The van der Waals surface area contributed by atoms with Crippen molar-refractivity contribution in [1.82, 2.24) is 0 Å². The zero-order valence-corrected chi connectivity index (χ0v) is 50.3. The minimum atomic E-state index is -0.824. The van der Waals surface area contributed by atoms with Crippen molar-refractivity contribution in [2.75, 3.05) is 13.2 Å². The van der Waals surface area contributed by atoms with Crippen molar-refractivity contribution in [1.29, 1.82) is 0 Å². The topological polar surface area (TPSA) is 78.9 Å². The lowest BCUT2D eigenvalue weighted by Crippen LogP contribution is -2.30. The number of esters is 3. The van der Waals surface area contributed by atoms with Crippen LogP contribution in [0.15, 0.2) is 182 Å².